The van der Waals surface area contributed by atoms with Gasteiger partial charge in [-0.05, 0) is 25.0 Å². The Bertz CT molecular complexity index is 1000. The molecule has 1 saturated heterocycles. The largest absolute Gasteiger partial charge is 0.443 e. The summed E-state index contributed by atoms with van der Waals surface area (Å²) in [4.78, 5) is 24.8. The molecule has 2 aromatic rings. The molecule has 134 valence electrons. The Labute approximate surface area is 143 Å². The fourth-order valence-corrected chi connectivity index (χ4v) is 3.98. The first kappa shape index (κ1) is 16.2. The van der Waals surface area contributed by atoms with Gasteiger partial charge >= 0.3 is 11.8 Å². The lowest BCUT2D eigenvalue weighted by molar-refractivity contribution is 0.133. The quantitative estimate of drug-likeness (QED) is 0.819. The highest BCUT2D eigenvalue weighted by atomic mass is 32.2. The molecule has 1 N–H and O–H groups in total. The molecule has 1 aromatic heterocycles. The molecule has 2 fully saturated rings. The normalized spacial score (nSPS) is 21.1. The molecule has 1 aromatic carbocycles. The zero-order valence-electron chi connectivity index (χ0n) is 13.5. The average molecular weight is 367 g/mol. The monoisotopic (exact) mass is 367 g/mol. The third-order valence-electron chi connectivity index (χ3n) is 4.47. The Morgan fingerprint density at radius 1 is 1.28 bits per heavy atom. The molecule has 4 rings (SSSR count). The van der Waals surface area contributed by atoms with Crippen LogP contribution < -0.4 is 10.5 Å². The van der Waals surface area contributed by atoms with Gasteiger partial charge in [0.15, 0.2) is 5.58 Å². The Morgan fingerprint density at radius 2 is 2.04 bits per heavy atom. The Kier molecular flexibility index (Phi) is 3.62. The first-order valence-corrected chi connectivity index (χ1v) is 9.40. The highest BCUT2D eigenvalue weighted by molar-refractivity contribution is 7.89. The number of amides is 1. The van der Waals surface area contributed by atoms with E-state index >= 15 is 0 Å². The van der Waals surface area contributed by atoms with E-state index < -0.39 is 21.9 Å². The van der Waals surface area contributed by atoms with Crippen LogP contribution in [0, 0.1) is 0 Å². The van der Waals surface area contributed by atoms with Crippen molar-refractivity contribution in [3.63, 3.8) is 0 Å². The number of fused-ring (bicyclic) bond motifs is 1. The van der Waals surface area contributed by atoms with E-state index in [2.05, 4.69) is 4.72 Å². The van der Waals surface area contributed by atoms with Gasteiger partial charge in [0.2, 0.25) is 10.0 Å². The molecule has 0 spiro atoms. The minimum Gasteiger partial charge on any atom is -0.443 e. The van der Waals surface area contributed by atoms with Crippen molar-refractivity contribution in [2.45, 2.75) is 29.9 Å². The van der Waals surface area contributed by atoms with Gasteiger partial charge in [0.25, 0.3) is 0 Å². The molecule has 1 aliphatic carbocycles. The maximum Gasteiger partial charge on any atom is 0.419 e. The highest BCUT2D eigenvalue weighted by Crippen LogP contribution is 2.30. The first-order valence-electron chi connectivity index (χ1n) is 7.91. The topological polar surface area (TPSA) is 111 Å². The molecule has 1 atom stereocenters. The standard InChI is InChI=1S/C15H17N3O6S/c1-17-12-5-4-11(6-13(12)24-14(17)19)25(21,22)16-7-10-8-18(9-2-3-9)15(20)23-10/h4-6,9-10,16H,2-3,7-8H2,1H3. The summed E-state index contributed by atoms with van der Waals surface area (Å²) >= 11 is 0. The van der Waals surface area contributed by atoms with Gasteiger partial charge in [-0.1, -0.05) is 0 Å². The van der Waals surface area contributed by atoms with Crippen molar-refractivity contribution >= 4 is 27.2 Å². The number of carbonyl (C=O) groups is 1. The van der Waals surface area contributed by atoms with E-state index in [0.29, 0.717) is 12.1 Å². The fourth-order valence-electron chi connectivity index (χ4n) is 2.90. The van der Waals surface area contributed by atoms with E-state index in [9.17, 15) is 18.0 Å². The highest BCUT2D eigenvalue weighted by Gasteiger charge is 2.41. The second-order valence-corrected chi connectivity index (χ2v) is 8.06. The number of cyclic esters (lactones) is 1. The van der Waals surface area contributed by atoms with E-state index in [4.69, 9.17) is 9.15 Å². The van der Waals surface area contributed by atoms with Crippen LogP contribution in [0.15, 0.2) is 32.3 Å². The van der Waals surface area contributed by atoms with Crippen LogP contribution in [0.5, 0.6) is 0 Å². The molecular weight excluding hydrogens is 350 g/mol. The molecule has 25 heavy (non-hydrogen) atoms. The van der Waals surface area contributed by atoms with E-state index in [1.54, 1.807) is 11.9 Å². The summed E-state index contributed by atoms with van der Waals surface area (Å²) in [6.07, 6.45) is 1.03. The van der Waals surface area contributed by atoms with Crippen molar-refractivity contribution in [3.8, 4) is 0 Å². The number of ether oxygens (including phenoxy) is 1. The van der Waals surface area contributed by atoms with E-state index in [-0.39, 0.29) is 29.2 Å². The van der Waals surface area contributed by atoms with Crippen molar-refractivity contribution < 1.29 is 22.4 Å². The number of oxazole rings is 1. The number of rotatable bonds is 5. The van der Waals surface area contributed by atoms with Crippen molar-refractivity contribution in [1.82, 2.24) is 14.2 Å². The predicted molar refractivity (Wildman–Crippen MR) is 86.6 cm³/mol. The van der Waals surface area contributed by atoms with Gasteiger partial charge in [-0.2, -0.15) is 0 Å². The third kappa shape index (κ3) is 2.91. The Morgan fingerprint density at radius 3 is 2.76 bits per heavy atom. The smallest absolute Gasteiger partial charge is 0.419 e. The number of benzene rings is 1. The molecule has 1 aliphatic heterocycles. The van der Waals surface area contributed by atoms with Crippen LogP contribution in [0.3, 0.4) is 0 Å². The molecular formula is C15H17N3O6S. The van der Waals surface area contributed by atoms with Crippen LogP contribution in [0.1, 0.15) is 12.8 Å². The number of aryl methyl sites for hydroxylation is 1. The van der Waals surface area contributed by atoms with Crippen LogP contribution >= 0.6 is 0 Å². The van der Waals surface area contributed by atoms with Gasteiger partial charge in [0, 0.05) is 25.7 Å². The molecule has 1 saturated carbocycles. The van der Waals surface area contributed by atoms with Gasteiger partial charge in [-0.15, -0.1) is 0 Å². The van der Waals surface area contributed by atoms with Gasteiger partial charge < -0.3 is 14.1 Å². The molecule has 0 radical (unpaired) electrons. The van der Waals surface area contributed by atoms with Crippen LogP contribution in [-0.2, 0) is 21.8 Å². The second kappa shape index (κ2) is 5.60. The van der Waals surface area contributed by atoms with Gasteiger partial charge in [-0.3, -0.25) is 4.57 Å². The maximum atomic E-state index is 12.4. The Balaban J connectivity index is 1.48. The summed E-state index contributed by atoms with van der Waals surface area (Å²) in [6, 6.07) is 4.45. The van der Waals surface area contributed by atoms with Gasteiger partial charge in [-0.25, -0.2) is 22.7 Å². The minimum absolute atomic E-state index is 0.00588. The molecule has 0 bridgehead atoms. The second-order valence-electron chi connectivity index (χ2n) is 6.30. The molecule has 1 amide bonds. The predicted octanol–water partition coefficient (Wildman–Crippen LogP) is 0.393. The number of nitrogens with one attached hydrogen (secondary N) is 1. The first-order chi connectivity index (χ1) is 11.8. The van der Waals surface area contributed by atoms with Crippen LogP contribution in [0.2, 0.25) is 0 Å². The minimum atomic E-state index is -3.81. The van der Waals surface area contributed by atoms with Crippen LogP contribution in [-0.4, -0.2) is 49.2 Å². The number of hydrogen-bond acceptors (Lipinski definition) is 6. The van der Waals surface area contributed by atoms with Crippen molar-refractivity contribution in [3.05, 3.63) is 28.7 Å². The zero-order chi connectivity index (χ0) is 17.8. The molecule has 2 aliphatic rings. The lowest BCUT2D eigenvalue weighted by Crippen LogP contribution is -2.35. The number of carbonyl (C=O) groups excluding carboxylic acids is 1. The molecule has 10 heteroatoms. The van der Waals surface area contributed by atoms with E-state index in [0.717, 1.165) is 12.8 Å². The molecule has 2 heterocycles. The lowest BCUT2D eigenvalue weighted by Gasteiger charge is -2.11. The van der Waals surface area contributed by atoms with Gasteiger partial charge in [0.1, 0.15) is 6.10 Å². The van der Waals surface area contributed by atoms with E-state index in [1.165, 1.54) is 22.8 Å². The number of nitrogens with zero attached hydrogens (tertiary/aromatic N) is 2. The maximum absolute atomic E-state index is 12.4. The summed E-state index contributed by atoms with van der Waals surface area (Å²) in [5.74, 6) is -0.560. The molecule has 1 unspecified atom stereocenters. The summed E-state index contributed by atoms with van der Waals surface area (Å²) < 4.78 is 38.8. The summed E-state index contributed by atoms with van der Waals surface area (Å²) in [6.45, 7) is 0.382. The SMILES string of the molecule is Cn1c(=O)oc2cc(S(=O)(=O)NCC3CN(C4CC4)C(=O)O3)ccc21. The number of aromatic nitrogens is 1. The van der Waals surface area contributed by atoms with Crippen molar-refractivity contribution in [2.75, 3.05) is 13.1 Å². The van der Waals surface area contributed by atoms with E-state index in [1.807, 2.05) is 0 Å². The number of sulfonamides is 1. The third-order valence-corrected chi connectivity index (χ3v) is 5.89. The average Bonchev–Trinajstić information content (AvgIpc) is 3.29. The lowest BCUT2D eigenvalue weighted by atomic mass is 10.3. The fraction of sp³-hybridized carbons (Fsp3) is 0.467. The van der Waals surface area contributed by atoms with Crippen LogP contribution in [0.4, 0.5) is 4.79 Å². The van der Waals surface area contributed by atoms with Gasteiger partial charge in [0.05, 0.1) is 17.0 Å². The summed E-state index contributed by atoms with van der Waals surface area (Å²) in [5, 5.41) is 0. The van der Waals surface area contributed by atoms with Crippen molar-refractivity contribution in [2.24, 2.45) is 7.05 Å². The Hall–Kier alpha value is -2.33. The summed E-state index contributed by atoms with van der Waals surface area (Å²) in [7, 11) is -2.27. The number of hydrogen-bond donors (Lipinski definition) is 1. The zero-order valence-corrected chi connectivity index (χ0v) is 14.3. The van der Waals surface area contributed by atoms with Crippen LogP contribution in [0.25, 0.3) is 11.1 Å². The molecule has 9 nitrogen and oxygen atoms in total. The summed E-state index contributed by atoms with van der Waals surface area (Å²) in [5.41, 5.74) is 0.705. The van der Waals surface area contributed by atoms with Crippen molar-refractivity contribution in [1.29, 1.82) is 0 Å².